The zero-order chi connectivity index (χ0) is 19.5. The molecule has 1 aromatic carbocycles. The molecular formula is C20H38N2O3S2Si. The average molecular weight is 447 g/mol. The van der Waals surface area contributed by atoms with E-state index in [0.717, 1.165) is 31.6 Å². The van der Waals surface area contributed by atoms with Crippen molar-refractivity contribution in [2.45, 2.75) is 57.5 Å². The van der Waals surface area contributed by atoms with Crippen molar-refractivity contribution in [3.05, 3.63) is 35.4 Å². The van der Waals surface area contributed by atoms with Crippen LogP contribution in [0.3, 0.4) is 0 Å². The SMILES string of the molecule is CN[C@H](CN1CC[C@H](O[Si](C)(C)C(C)(C)C)C1)c1cccc(C(=O)O)c1.S.S. The number of likely N-dealkylation sites (tertiary alicyclic amines) is 1. The molecular weight excluding hydrogens is 408 g/mol. The predicted molar refractivity (Wildman–Crippen MR) is 129 cm³/mol. The Bertz CT molecular complexity index is 638. The van der Waals surface area contributed by atoms with Crippen molar-refractivity contribution < 1.29 is 14.3 Å². The number of hydrogen-bond acceptors (Lipinski definition) is 4. The molecule has 0 aliphatic carbocycles. The second-order valence-corrected chi connectivity index (χ2v) is 13.6. The fraction of sp³-hybridized carbons (Fsp3) is 0.650. The standard InChI is InChI=1S/C20H34N2O3Si.2H2S/c1-20(2,3)26(5,6)25-17-10-11-22(13-17)14-18(21-4)15-8-7-9-16(12-15)19(23)24;;/h7-9,12,17-18,21H,10-11,13-14H2,1-6H3,(H,23,24);2*1H2/t17-,18+;;/m0../s1. The third kappa shape index (κ3) is 7.07. The highest BCUT2D eigenvalue weighted by Gasteiger charge is 2.40. The van der Waals surface area contributed by atoms with E-state index in [0.29, 0.717) is 11.7 Å². The first-order chi connectivity index (χ1) is 12.0. The van der Waals surface area contributed by atoms with Crippen LogP contribution in [-0.2, 0) is 4.43 Å². The van der Waals surface area contributed by atoms with E-state index < -0.39 is 14.3 Å². The maximum atomic E-state index is 11.2. The van der Waals surface area contributed by atoms with Crippen LogP contribution in [0, 0.1) is 0 Å². The Morgan fingerprint density at radius 2 is 2.00 bits per heavy atom. The molecule has 2 rings (SSSR count). The molecule has 162 valence electrons. The number of carbonyl (C=O) groups is 1. The normalized spacial score (nSPS) is 18.9. The van der Waals surface area contributed by atoms with Crippen LogP contribution in [0.1, 0.15) is 49.2 Å². The van der Waals surface area contributed by atoms with Crippen molar-refractivity contribution in [3.8, 4) is 0 Å². The number of benzene rings is 1. The highest BCUT2D eigenvalue weighted by Crippen LogP contribution is 2.38. The Morgan fingerprint density at radius 1 is 1.36 bits per heavy atom. The summed E-state index contributed by atoms with van der Waals surface area (Å²) in [5.74, 6) is -0.884. The summed E-state index contributed by atoms with van der Waals surface area (Å²) in [4.78, 5) is 13.6. The smallest absolute Gasteiger partial charge is 0.335 e. The summed E-state index contributed by atoms with van der Waals surface area (Å²) >= 11 is 0. The van der Waals surface area contributed by atoms with Crippen molar-refractivity contribution in [1.82, 2.24) is 10.2 Å². The van der Waals surface area contributed by atoms with Crippen molar-refractivity contribution in [1.29, 1.82) is 0 Å². The molecule has 2 atom stereocenters. The highest BCUT2D eigenvalue weighted by atomic mass is 32.1. The summed E-state index contributed by atoms with van der Waals surface area (Å²) in [6, 6.07) is 7.32. The van der Waals surface area contributed by atoms with Gasteiger partial charge in [0.25, 0.3) is 0 Å². The van der Waals surface area contributed by atoms with Gasteiger partial charge in [-0.1, -0.05) is 32.9 Å². The number of aromatic carboxylic acids is 1. The number of carboxylic acid groups (broad SMARTS) is 1. The molecule has 0 saturated carbocycles. The molecule has 0 bridgehead atoms. The molecule has 1 saturated heterocycles. The second-order valence-electron chi connectivity index (χ2n) is 8.82. The van der Waals surface area contributed by atoms with E-state index >= 15 is 0 Å². The molecule has 0 aromatic heterocycles. The predicted octanol–water partition coefficient (Wildman–Crippen LogP) is 3.97. The molecule has 1 aliphatic rings. The van der Waals surface area contributed by atoms with Crippen LogP contribution in [0.2, 0.25) is 18.1 Å². The third-order valence-electron chi connectivity index (χ3n) is 5.82. The lowest BCUT2D eigenvalue weighted by atomic mass is 10.0. The number of nitrogens with one attached hydrogen (secondary N) is 1. The van der Waals surface area contributed by atoms with Crippen LogP contribution >= 0.6 is 27.0 Å². The van der Waals surface area contributed by atoms with Gasteiger partial charge >= 0.3 is 5.97 Å². The van der Waals surface area contributed by atoms with Crippen molar-refractivity contribution >= 4 is 41.3 Å². The lowest BCUT2D eigenvalue weighted by Gasteiger charge is -2.38. The van der Waals surface area contributed by atoms with E-state index in [1.165, 1.54) is 0 Å². The van der Waals surface area contributed by atoms with Gasteiger partial charge in [0.15, 0.2) is 8.32 Å². The van der Waals surface area contributed by atoms with Crippen LogP contribution in [-0.4, -0.2) is 57.1 Å². The minimum Gasteiger partial charge on any atom is -0.478 e. The van der Waals surface area contributed by atoms with Gasteiger partial charge < -0.3 is 14.8 Å². The molecule has 5 nitrogen and oxygen atoms in total. The van der Waals surface area contributed by atoms with Gasteiger partial charge in [0.2, 0.25) is 0 Å². The summed E-state index contributed by atoms with van der Waals surface area (Å²) in [5, 5.41) is 12.8. The van der Waals surface area contributed by atoms with Crippen molar-refractivity contribution in [2.75, 3.05) is 26.7 Å². The molecule has 0 amide bonds. The first-order valence-electron chi connectivity index (χ1n) is 9.44. The van der Waals surface area contributed by atoms with Gasteiger partial charge in [-0.25, -0.2) is 4.79 Å². The number of carboxylic acids is 1. The Balaban J connectivity index is 0.00000364. The lowest BCUT2D eigenvalue weighted by molar-refractivity contribution is 0.0696. The van der Waals surface area contributed by atoms with Crippen LogP contribution in [0.25, 0.3) is 0 Å². The molecule has 0 radical (unpaired) electrons. The molecule has 1 aromatic rings. The largest absolute Gasteiger partial charge is 0.478 e. The minimum atomic E-state index is -1.74. The first-order valence-corrected chi connectivity index (χ1v) is 12.3. The van der Waals surface area contributed by atoms with Gasteiger partial charge in [-0.2, -0.15) is 27.0 Å². The summed E-state index contributed by atoms with van der Waals surface area (Å²) in [7, 11) is 0.189. The summed E-state index contributed by atoms with van der Waals surface area (Å²) in [6.45, 7) is 14.3. The zero-order valence-electron chi connectivity index (χ0n) is 18.0. The molecule has 1 heterocycles. The Hall–Kier alpha value is -0.513. The van der Waals surface area contributed by atoms with Gasteiger partial charge in [0.1, 0.15) is 0 Å². The van der Waals surface area contributed by atoms with Gasteiger partial charge in [0, 0.05) is 25.7 Å². The van der Waals surface area contributed by atoms with Gasteiger partial charge in [-0.3, -0.25) is 4.90 Å². The maximum Gasteiger partial charge on any atom is 0.335 e. The number of hydrogen-bond donors (Lipinski definition) is 2. The first kappa shape index (κ1) is 27.5. The highest BCUT2D eigenvalue weighted by molar-refractivity contribution is 7.59. The van der Waals surface area contributed by atoms with E-state index in [4.69, 9.17) is 4.43 Å². The monoisotopic (exact) mass is 446 g/mol. The maximum absolute atomic E-state index is 11.2. The van der Waals surface area contributed by atoms with E-state index in [9.17, 15) is 9.90 Å². The van der Waals surface area contributed by atoms with Crippen molar-refractivity contribution in [3.63, 3.8) is 0 Å². The zero-order valence-corrected chi connectivity index (χ0v) is 21.0. The van der Waals surface area contributed by atoms with Crippen molar-refractivity contribution in [2.24, 2.45) is 0 Å². The summed E-state index contributed by atoms with van der Waals surface area (Å²) in [6.07, 6.45) is 1.37. The van der Waals surface area contributed by atoms with Crippen LogP contribution < -0.4 is 5.32 Å². The molecule has 8 heteroatoms. The van der Waals surface area contributed by atoms with E-state index in [2.05, 4.69) is 44.1 Å². The molecule has 0 spiro atoms. The molecule has 2 N–H and O–H groups in total. The topological polar surface area (TPSA) is 61.8 Å². The molecule has 1 aliphatic heterocycles. The fourth-order valence-corrected chi connectivity index (χ4v) is 4.54. The van der Waals surface area contributed by atoms with Gasteiger partial charge in [-0.15, -0.1) is 0 Å². The van der Waals surface area contributed by atoms with Crippen LogP contribution in [0.5, 0.6) is 0 Å². The minimum absolute atomic E-state index is 0. The fourth-order valence-electron chi connectivity index (χ4n) is 3.16. The van der Waals surface area contributed by atoms with Crippen LogP contribution in [0.15, 0.2) is 24.3 Å². The quantitative estimate of drug-likeness (QED) is 0.621. The number of rotatable bonds is 7. The lowest BCUT2D eigenvalue weighted by Crippen LogP contribution is -2.44. The average Bonchev–Trinajstić information content (AvgIpc) is 2.98. The van der Waals surface area contributed by atoms with Crippen LogP contribution in [0.4, 0.5) is 0 Å². The van der Waals surface area contributed by atoms with Gasteiger partial charge in [0.05, 0.1) is 11.7 Å². The molecule has 28 heavy (non-hydrogen) atoms. The second kappa shape index (κ2) is 11.0. The Morgan fingerprint density at radius 3 is 2.54 bits per heavy atom. The molecule has 1 fully saturated rings. The summed E-state index contributed by atoms with van der Waals surface area (Å²) < 4.78 is 6.56. The Labute approximate surface area is 185 Å². The van der Waals surface area contributed by atoms with E-state index in [-0.39, 0.29) is 38.1 Å². The Kier molecular flexibility index (Phi) is 10.8. The van der Waals surface area contributed by atoms with E-state index in [1.807, 2.05) is 19.2 Å². The summed E-state index contributed by atoms with van der Waals surface area (Å²) in [5.41, 5.74) is 1.35. The number of nitrogens with zero attached hydrogens (tertiary/aromatic N) is 1. The van der Waals surface area contributed by atoms with E-state index in [1.54, 1.807) is 12.1 Å². The number of likely N-dealkylation sites (N-methyl/N-ethyl adjacent to an activating group) is 1. The van der Waals surface area contributed by atoms with Gasteiger partial charge in [-0.05, 0) is 49.3 Å². The third-order valence-corrected chi connectivity index (χ3v) is 10.4. The molecule has 0 unspecified atom stereocenters.